The van der Waals surface area contributed by atoms with Crippen molar-refractivity contribution in [3.63, 3.8) is 0 Å². The lowest BCUT2D eigenvalue weighted by Crippen LogP contribution is -2.48. The molecule has 1 aromatic rings. The minimum absolute atomic E-state index is 0.0723. The SMILES string of the molecule is CC(O)(CO)NS(=O)(=O)c1ccc(Br)s1. The normalized spacial score (nSPS) is 16.3. The van der Waals surface area contributed by atoms with Crippen molar-refractivity contribution in [1.82, 2.24) is 4.72 Å². The first kappa shape index (κ1) is 13.1. The Morgan fingerprint density at radius 2 is 2.20 bits per heavy atom. The third-order valence-corrected chi connectivity index (χ3v) is 5.18. The zero-order valence-corrected chi connectivity index (χ0v) is 11.0. The lowest BCUT2D eigenvalue weighted by molar-refractivity contribution is -0.00747. The molecule has 8 heteroatoms. The van der Waals surface area contributed by atoms with Gasteiger partial charge in [0.25, 0.3) is 10.0 Å². The monoisotopic (exact) mass is 315 g/mol. The van der Waals surface area contributed by atoms with Gasteiger partial charge in [0, 0.05) is 0 Å². The molecule has 1 rings (SSSR count). The standard InChI is InChI=1S/C7H10BrNO4S2/c1-7(11,4-10)9-15(12,13)6-3-2-5(8)14-6/h2-3,9-11H,4H2,1H3. The summed E-state index contributed by atoms with van der Waals surface area (Å²) in [6.07, 6.45) is 0. The van der Waals surface area contributed by atoms with Crippen LogP contribution in [0.3, 0.4) is 0 Å². The average molecular weight is 316 g/mol. The van der Waals surface area contributed by atoms with Crippen molar-refractivity contribution in [3.8, 4) is 0 Å². The number of hydrogen-bond donors (Lipinski definition) is 3. The predicted octanol–water partition coefficient (Wildman–Crippen LogP) is 0.490. The molecule has 0 fully saturated rings. The Morgan fingerprint density at radius 3 is 2.60 bits per heavy atom. The van der Waals surface area contributed by atoms with Crippen LogP contribution < -0.4 is 4.72 Å². The van der Waals surface area contributed by atoms with Gasteiger partial charge in [0.2, 0.25) is 0 Å². The number of nitrogens with one attached hydrogen (secondary N) is 1. The molecule has 0 saturated heterocycles. The summed E-state index contributed by atoms with van der Waals surface area (Å²) in [5.74, 6) is 0. The highest BCUT2D eigenvalue weighted by atomic mass is 79.9. The fourth-order valence-corrected chi connectivity index (χ4v) is 4.08. The van der Waals surface area contributed by atoms with Gasteiger partial charge in [-0.05, 0) is 35.0 Å². The van der Waals surface area contributed by atoms with E-state index in [1.807, 2.05) is 4.72 Å². The van der Waals surface area contributed by atoms with E-state index in [1.165, 1.54) is 13.0 Å². The molecule has 3 N–H and O–H groups in total. The van der Waals surface area contributed by atoms with Crippen molar-refractivity contribution >= 4 is 37.3 Å². The van der Waals surface area contributed by atoms with Crippen molar-refractivity contribution in [2.24, 2.45) is 0 Å². The number of rotatable bonds is 4. The first-order chi connectivity index (χ1) is 6.77. The van der Waals surface area contributed by atoms with E-state index in [-0.39, 0.29) is 4.21 Å². The maximum Gasteiger partial charge on any atom is 0.252 e. The highest BCUT2D eigenvalue weighted by Gasteiger charge is 2.28. The van der Waals surface area contributed by atoms with E-state index >= 15 is 0 Å². The number of thiophene rings is 1. The molecule has 0 aliphatic rings. The number of sulfonamides is 1. The second-order valence-corrected chi connectivity index (χ2v) is 7.47. The molecule has 0 amide bonds. The third kappa shape index (κ3) is 3.51. The van der Waals surface area contributed by atoms with Crippen LogP contribution in [0.1, 0.15) is 6.92 Å². The molecule has 1 aromatic heterocycles. The minimum Gasteiger partial charge on any atom is -0.392 e. The van der Waals surface area contributed by atoms with Gasteiger partial charge in [-0.3, -0.25) is 0 Å². The predicted molar refractivity (Wildman–Crippen MR) is 60.1 cm³/mol. The molecular formula is C7H10BrNO4S2. The molecule has 0 aliphatic heterocycles. The molecule has 0 aromatic carbocycles. The summed E-state index contributed by atoms with van der Waals surface area (Å²) < 4.78 is 26.0. The van der Waals surface area contributed by atoms with Gasteiger partial charge in [-0.1, -0.05) is 0 Å². The lowest BCUT2D eigenvalue weighted by Gasteiger charge is -2.20. The zero-order valence-electron chi connectivity index (χ0n) is 7.77. The fraction of sp³-hybridized carbons (Fsp3) is 0.429. The number of hydrogen-bond acceptors (Lipinski definition) is 5. The maximum absolute atomic E-state index is 11.6. The third-order valence-electron chi connectivity index (χ3n) is 1.48. The summed E-state index contributed by atoms with van der Waals surface area (Å²) in [6, 6.07) is 3.00. The molecular weight excluding hydrogens is 306 g/mol. The highest BCUT2D eigenvalue weighted by Crippen LogP contribution is 2.26. The van der Waals surface area contributed by atoms with Crippen LogP contribution in [0.5, 0.6) is 0 Å². The van der Waals surface area contributed by atoms with Gasteiger partial charge in [-0.15, -0.1) is 11.3 Å². The summed E-state index contributed by atoms with van der Waals surface area (Å²) in [5.41, 5.74) is -1.85. The molecule has 0 spiro atoms. The molecule has 5 nitrogen and oxygen atoms in total. The number of aliphatic hydroxyl groups excluding tert-OH is 1. The van der Waals surface area contributed by atoms with Crippen molar-refractivity contribution < 1.29 is 18.6 Å². The van der Waals surface area contributed by atoms with E-state index in [0.717, 1.165) is 11.3 Å². The summed E-state index contributed by atoms with van der Waals surface area (Å²) in [5, 5.41) is 18.1. The smallest absolute Gasteiger partial charge is 0.252 e. The zero-order chi connectivity index (χ0) is 11.7. The van der Waals surface area contributed by atoms with Crippen LogP contribution in [0, 0.1) is 0 Å². The van der Waals surface area contributed by atoms with Crippen LogP contribution in [-0.4, -0.2) is 31.0 Å². The molecule has 1 unspecified atom stereocenters. The molecule has 86 valence electrons. The Labute approximate surface area is 99.9 Å². The van der Waals surface area contributed by atoms with E-state index < -0.39 is 22.4 Å². The first-order valence-electron chi connectivity index (χ1n) is 3.89. The van der Waals surface area contributed by atoms with Gasteiger partial charge in [-0.25, -0.2) is 8.42 Å². The van der Waals surface area contributed by atoms with Gasteiger partial charge in [0.05, 0.1) is 10.4 Å². The second-order valence-electron chi connectivity index (χ2n) is 3.10. The van der Waals surface area contributed by atoms with Crippen molar-refractivity contribution in [2.45, 2.75) is 16.9 Å². The Hall–Kier alpha value is 0.01000. The summed E-state index contributed by atoms with van der Waals surface area (Å²) in [4.78, 5) is 0. The number of halogens is 1. The van der Waals surface area contributed by atoms with Crippen LogP contribution in [0.2, 0.25) is 0 Å². The van der Waals surface area contributed by atoms with Gasteiger partial charge >= 0.3 is 0 Å². The van der Waals surface area contributed by atoms with Crippen LogP contribution in [0.15, 0.2) is 20.1 Å². The van der Waals surface area contributed by atoms with Gasteiger partial charge in [0.1, 0.15) is 9.93 Å². The van der Waals surface area contributed by atoms with Crippen LogP contribution >= 0.6 is 27.3 Å². The molecule has 1 heterocycles. The van der Waals surface area contributed by atoms with Crippen molar-refractivity contribution in [3.05, 3.63) is 15.9 Å². The van der Waals surface area contributed by atoms with Crippen LogP contribution in [-0.2, 0) is 10.0 Å². The number of aliphatic hydroxyl groups is 2. The van der Waals surface area contributed by atoms with E-state index in [2.05, 4.69) is 15.9 Å². The Balaban J connectivity index is 2.95. The summed E-state index contributed by atoms with van der Waals surface area (Å²) >= 11 is 4.16. The van der Waals surface area contributed by atoms with E-state index in [1.54, 1.807) is 6.07 Å². The average Bonchev–Trinajstić information content (AvgIpc) is 2.51. The van der Waals surface area contributed by atoms with Crippen LogP contribution in [0.4, 0.5) is 0 Å². The largest absolute Gasteiger partial charge is 0.392 e. The lowest BCUT2D eigenvalue weighted by atomic mass is 10.3. The molecule has 1 atom stereocenters. The molecule has 0 saturated carbocycles. The topological polar surface area (TPSA) is 86.6 Å². The Morgan fingerprint density at radius 1 is 1.60 bits per heavy atom. The van der Waals surface area contributed by atoms with Crippen molar-refractivity contribution in [2.75, 3.05) is 6.61 Å². The summed E-state index contributed by atoms with van der Waals surface area (Å²) in [6.45, 7) is 0.478. The molecule has 0 radical (unpaired) electrons. The molecule has 15 heavy (non-hydrogen) atoms. The fourth-order valence-electron chi connectivity index (χ4n) is 0.814. The maximum atomic E-state index is 11.6. The van der Waals surface area contributed by atoms with E-state index in [0.29, 0.717) is 3.79 Å². The van der Waals surface area contributed by atoms with Crippen LogP contribution in [0.25, 0.3) is 0 Å². The second kappa shape index (κ2) is 4.48. The van der Waals surface area contributed by atoms with Gasteiger partial charge in [-0.2, -0.15) is 4.72 Å². The van der Waals surface area contributed by atoms with Gasteiger partial charge < -0.3 is 10.2 Å². The van der Waals surface area contributed by atoms with E-state index in [9.17, 15) is 13.5 Å². The van der Waals surface area contributed by atoms with Gasteiger partial charge in [0.15, 0.2) is 0 Å². The first-order valence-corrected chi connectivity index (χ1v) is 6.99. The molecule has 0 aliphatic carbocycles. The minimum atomic E-state index is -3.78. The summed E-state index contributed by atoms with van der Waals surface area (Å²) in [7, 11) is -3.78. The molecule has 0 bridgehead atoms. The van der Waals surface area contributed by atoms with Crippen molar-refractivity contribution in [1.29, 1.82) is 0 Å². The quantitative estimate of drug-likeness (QED) is 0.706. The Kier molecular flexibility index (Phi) is 3.90. The highest BCUT2D eigenvalue weighted by molar-refractivity contribution is 9.11. The Bertz CT molecular complexity index is 440. The van der Waals surface area contributed by atoms with E-state index in [4.69, 9.17) is 5.11 Å².